The third-order valence-electron chi connectivity index (χ3n) is 10.9. The summed E-state index contributed by atoms with van der Waals surface area (Å²) in [5.74, 6) is 0.333. The number of carbonyl (C=O) groups is 1. The summed E-state index contributed by atoms with van der Waals surface area (Å²) in [4.78, 5) is 31.2. The number of nitrogens with zero attached hydrogens (tertiary/aromatic N) is 8. The molecule has 1 aromatic carbocycles. The molecule has 2 saturated heterocycles. The van der Waals surface area contributed by atoms with Crippen molar-refractivity contribution in [2.45, 2.75) is 77.0 Å². The lowest BCUT2D eigenvalue weighted by molar-refractivity contribution is 0.0106. The van der Waals surface area contributed by atoms with Crippen molar-refractivity contribution in [3.63, 3.8) is 0 Å². The molecule has 11 nitrogen and oxygen atoms in total. The predicted octanol–water partition coefficient (Wildman–Crippen LogP) is 4.78. The van der Waals surface area contributed by atoms with Crippen LogP contribution >= 0.6 is 0 Å². The van der Waals surface area contributed by atoms with Gasteiger partial charge in [0.25, 0.3) is 5.91 Å². The molecule has 2 aliphatic heterocycles. The second kappa shape index (κ2) is 12.7. The minimum atomic E-state index is -0.662. The van der Waals surface area contributed by atoms with Crippen LogP contribution in [0.15, 0.2) is 36.5 Å². The molecule has 3 aromatic heterocycles. The van der Waals surface area contributed by atoms with Crippen LogP contribution in [-0.4, -0.2) is 103 Å². The molecule has 47 heavy (non-hydrogen) atoms. The molecule has 7 rings (SSSR count). The number of nitrogens with one attached hydrogen (secondary N) is 1. The number of aryl methyl sites for hydroxylation is 2. The van der Waals surface area contributed by atoms with Crippen LogP contribution in [0.2, 0.25) is 0 Å². The molecule has 0 radical (unpaired) electrons. The van der Waals surface area contributed by atoms with Crippen LogP contribution in [0.25, 0.3) is 22.3 Å². The number of aliphatic hydroxyl groups is 1. The van der Waals surface area contributed by atoms with Gasteiger partial charge in [0.05, 0.1) is 28.5 Å². The lowest BCUT2D eigenvalue weighted by Gasteiger charge is -2.42. The monoisotopic (exact) mass is 639 g/mol. The van der Waals surface area contributed by atoms with Crippen molar-refractivity contribution in [2.75, 3.05) is 56.5 Å². The minimum Gasteiger partial charge on any atom is -0.390 e. The molecular formula is C36H49N9O2. The molecule has 250 valence electrons. The minimum absolute atomic E-state index is 0.126. The molecule has 1 saturated carbocycles. The van der Waals surface area contributed by atoms with Crippen molar-refractivity contribution >= 4 is 28.6 Å². The molecule has 3 aliphatic rings. The fraction of sp³-hybridized carbons (Fsp3) is 0.556. The summed E-state index contributed by atoms with van der Waals surface area (Å²) in [5.41, 5.74) is 6.36. The smallest absolute Gasteiger partial charge is 0.258 e. The van der Waals surface area contributed by atoms with E-state index in [2.05, 4.69) is 54.9 Å². The van der Waals surface area contributed by atoms with E-state index in [1.165, 1.54) is 31.6 Å². The normalized spacial score (nSPS) is 23.4. The number of carbonyl (C=O) groups excluding carboxylic acids is 1. The summed E-state index contributed by atoms with van der Waals surface area (Å²) in [6.07, 6.45) is 7.20. The molecule has 0 atom stereocenters. The molecule has 5 heterocycles. The highest BCUT2D eigenvalue weighted by atomic mass is 16.3. The molecule has 11 heteroatoms. The Hall–Kier alpha value is -3.80. The van der Waals surface area contributed by atoms with Crippen LogP contribution in [0.4, 0.5) is 11.6 Å². The van der Waals surface area contributed by atoms with E-state index >= 15 is 0 Å². The number of imidazole rings is 1. The second-order valence-corrected chi connectivity index (χ2v) is 14.4. The van der Waals surface area contributed by atoms with E-state index in [9.17, 15) is 9.90 Å². The van der Waals surface area contributed by atoms with Gasteiger partial charge in [-0.15, -0.1) is 0 Å². The van der Waals surface area contributed by atoms with Crippen molar-refractivity contribution < 1.29 is 9.90 Å². The number of piperidine rings is 1. The zero-order valence-corrected chi connectivity index (χ0v) is 28.5. The lowest BCUT2D eigenvalue weighted by atomic mass is 9.83. The average Bonchev–Trinajstić information content (AvgIpc) is 3.59. The number of anilines is 2. The number of piperazine rings is 1. The van der Waals surface area contributed by atoms with Crippen molar-refractivity contribution in [3.05, 3.63) is 53.5 Å². The number of pyridine rings is 1. The molecule has 0 bridgehead atoms. The number of likely N-dealkylation sites (N-methyl/N-ethyl adjacent to an activating group) is 1. The second-order valence-electron chi connectivity index (χ2n) is 14.4. The van der Waals surface area contributed by atoms with E-state index in [-0.39, 0.29) is 11.9 Å². The number of amides is 1. The van der Waals surface area contributed by atoms with E-state index in [1.54, 1.807) is 6.20 Å². The first-order valence-corrected chi connectivity index (χ1v) is 17.3. The van der Waals surface area contributed by atoms with Crippen molar-refractivity contribution in [3.8, 4) is 11.3 Å². The molecule has 2 N–H and O–H groups in total. The zero-order valence-electron chi connectivity index (χ0n) is 28.5. The van der Waals surface area contributed by atoms with Crippen LogP contribution in [-0.2, 0) is 7.05 Å². The van der Waals surface area contributed by atoms with Gasteiger partial charge in [-0.25, -0.2) is 4.98 Å². The highest BCUT2D eigenvalue weighted by Gasteiger charge is 2.33. The fourth-order valence-electron chi connectivity index (χ4n) is 7.76. The highest BCUT2D eigenvalue weighted by molar-refractivity contribution is 6.05. The van der Waals surface area contributed by atoms with E-state index in [0.717, 1.165) is 72.7 Å². The maximum Gasteiger partial charge on any atom is 0.258 e. The third kappa shape index (κ3) is 6.53. The average molecular weight is 640 g/mol. The maximum atomic E-state index is 13.9. The third-order valence-corrected chi connectivity index (χ3v) is 10.9. The Kier molecular flexibility index (Phi) is 8.57. The van der Waals surface area contributed by atoms with Gasteiger partial charge in [0.2, 0.25) is 5.95 Å². The summed E-state index contributed by atoms with van der Waals surface area (Å²) in [7, 11) is 4.12. The number of aromatic nitrogens is 5. The molecule has 4 aromatic rings. The standard InChI is InChI=1S/C36H49N9O2/c1-24-20-26(21-32(38-24)30-23-37-42(5)25(30)2)34(46)40-35-39-31-7-6-29(22-33(31)45(35)28-8-12-36(3,47)13-9-28)43-14-10-27(11-15-43)44-18-16-41(4)17-19-44/h6-7,20-23,27-28,47H,8-19H2,1-5H3,(H,39,40,46)/t28-,36+. The topological polar surface area (TPSA) is 108 Å². The summed E-state index contributed by atoms with van der Waals surface area (Å²) in [6, 6.07) is 11.0. The molecular weight excluding hydrogens is 590 g/mol. The lowest BCUT2D eigenvalue weighted by Crippen LogP contribution is -2.52. The number of rotatable bonds is 6. The van der Waals surface area contributed by atoms with Crippen LogP contribution in [0, 0.1) is 13.8 Å². The van der Waals surface area contributed by atoms with Gasteiger partial charge in [-0.2, -0.15) is 5.10 Å². The number of hydrogen-bond donors (Lipinski definition) is 2. The van der Waals surface area contributed by atoms with Gasteiger partial charge in [-0.1, -0.05) is 0 Å². The Morgan fingerprint density at radius 2 is 1.64 bits per heavy atom. The Morgan fingerprint density at radius 1 is 0.915 bits per heavy atom. The van der Waals surface area contributed by atoms with Gasteiger partial charge in [-0.05, 0) is 96.7 Å². The number of benzene rings is 1. The van der Waals surface area contributed by atoms with Crippen LogP contribution in [0.3, 0.4) is 0 Å². The van der Waals surface area contributed by atoms with Gasteiger partial charge >= 0.3 is 0 Å². The summed E-state index contributed by atoms with van der Waals surface area (Å²) < 4.78 is 4.04. The maximum absolute atomic E-state index is 13.9. The number of hydrogen-bond acceptors (Lipinski definition) is 8. The van der Waals surface area contributed by atoms with Crippen molar-refractivity contribution in [1.82, 2.24) is 34.1 Å². The Balaban J connectivity index is 1.16. The first-order valence-electron chi connectivity index (χ1n) is 17.3. The Bertz CT molecular complexity index is 1750. The van der Waals surface area contributed by atoms with Crippen LogP contribution < -0.4 is 10.2 Å². The highest BCUT2D eigenvalue weighted by Crippen LogP contribution is 2.39. The molecule has 1 amide bonds. The van der Waals surface area contributed by atoms with E-state index in [0.29, 0.717) is 30.4 Å². The summed E-state index contributed by atoms with van der Waals surface area (Å²) in [6.45, 7) is 12.5. The van der Waals surface area contributed by atoms with Gasteiger partial charge in [0, 0.05) is 86.6 Å². The predicted molar refractivity (Wildman–Crippen MR) is 186 cm³/mol. The van der Waals surface area contributed by atoms with E-state index in [1.807, 2.05) is 44.6 Å². The molecule has 3 fully saturated rings. The molecule has 1 aliphatic carbocycles. The largest absolute Gasteiger partial charge is 0.390 e. The summed E-state index contributed by atoms with van der Waals surface area (Å²) >= 11 is 0. The zero-order chi connectivity index (χ0) is 32.9. The summed E-state index contributed by atoms with van der Waals surface area (Å²) in [5, 5.41) is 18.3. The first-order chi connectivity index (χ1) is 22.5. The molecule has 0 unspecified atom stereocenters. The van der Waals surface area contributed by atoms with Gasteiger partial charge < -0.3 is 19.5 Å². The SMILES string of the molecule is Cc1cc(C(=O)Nc2nc3ccc(N4CCC(N5CCN(C)CC5)CC4)cc3n2[C@H]2CC[C@@](C)(O)CC2)cc(-c2cnn(C)c2C)n1. The van der Waals surface area contributed by atoms with Gasteiger partial charge in [0.15, 0.2) is 0 Å². The van der Waals surface area contributed by atoms with Crippen LogP contribution in [0.1, 0.15) is 73.2 Å². The Labute approximate surface area is 277 Å². The van der Waals surface area contributed by atoms with Crippen molar-refractivity contribution in [2.24, 2.45) is 7.05 Å². The Morgan fingerprint density at radius 3 is 2.32 bits per heavy atom. The fourth-order valence-corrected chi connectivity index (χ4v) is 7.76. The van der Waals surface area contributed by atoms with E-state index in [4.69, 9.17) is 9.97 Å². The van der Waals surface area contributed by atoms with Crippen LogP contribution in [0.5, 0.6) is 0 Å². The number of fused-ring (bicyclic) bond motifs is 1. The quantitative estimate of drug-likeness (QED) is 0.311. The van der Waals surface area contributed by atoms with E-state index < -0.39 is 5.60 Å². The first kappa shape index (κ1) is 31.8. The van der Waals surface area contributed by atoms with Crippen molar-refractivity contribution in [1.29, 1.82) is 0 Å². The van der Waals surface area contributed by atoms with Gasteiger partial charge in [-0.3, -0.25) is 24.7 Å². The molecule has 0 spiro atoms. The van der Waals surface area contributed by atoms with Gasteiger partial charge in [0.1, 0.15) is 0 Å².